The van der Waals surface area contributed by atoms with Crippen molar-refractivity contribution < 1.29 is 28.6 Å². The zero-order valence-electron chi connectivity index (χ0n) is 15.6. The molecule has 7 heteroatoms. The van der Waals surface area contributed by atoms with Crippen LogP contribution in [0.4, 0.5) is 4.39 Å². The van der Waals surface area contributed by atoms with Crippen LogP contribution < -0.4 is 9.47 Å². The lowest BCUT2D eigenvalue weighted by Crippen LogP contribution is -2.28. The molecule has 1 aliphatic heterocycles. The molecule has 0 radical (unpaired) electrons. The number of carbonyl (C=O) groups excluding carboxylic acids is 1. The molecule has 148 valence electrons. The standard InChI is InChI=1S/C21H22FNO5/c1-27-18-7-4-14(8-9-23-12-16(21(25)26)11-20(23)24)10-19(18)28-13-15-2-5-17(22)6-3-15/h2-7,10,16H,8-9,11-13H2,1H3,(H,25,26). The minimum atomic E-state index is -0.934. The molecule has 0 saturated carbocycles. The van der Waals surface area contributed by atoms with E-state index in [-0.39, 0.29) is 31.3 Å². The first-order valence-corrected chi connectivity index (χ1v) is 9.01. The molecular weight excluding hydrogens is 365 g/mol. The lowest BCUT2D eigenvalue weighted by molar-refractivity contribution is -0.141. The van der Waals surface area contributed by atoms with Gasteiger partial charge in [-0.25, -0.2) is 4.39 Å². The van der Waals surface area contributed by atoms with Gasteiger partial charge in [-0.3, -0.25) is 9.59 Å². The molecule has 28 heavy (non-hydrogen) atoms. The molecule has 1 N–H and O–H groups in total. The average molecular weight is 387 g/mol. The second kappa shape index (κ2) is 8.73. The third-order valence-electron chi connectivity index (χ3n) is 4.77. The van der Waals surface area contributed by atoms with Crippen molar-refractivity contribution in [3.8, 4) is 11.5 Å². The molecule has 0 aliphatic carbocycles. The number of likely N-dealkylation sites (tertiary alicyclic amines) is 1. The van der Waals surface area contributed by atoms with Gasteiger partial charge in [-0.1, -0.05) is 18.2 Å². The number of carboxylic acids is 1. The van der Waals surface area contributed by atoms with Crippen molar-refractivity contribution in [2.24, 2.45) is 5.92 Å². The highest BCUT2D eigenvalue weighted by Gasteiger charge is 2.33. The van der Waals surface area contributed by atoms with Gasteiger partial charge in [0.2, 0.25) is 5.91 Å². The molecule has 2 aromatic carbocycles. The molecule has 1 heterocycles. The second-order valence-electron chi connectivity index (χ2n) is 6.73. The maximum Gasteiger partial charge on any atom is 0.308 e. The number of halogens is 1. The van der Waals surface area contributed by atoms with Crippen molar-refractivity contribution in [3.05, 3.63) is 59.4 Å². The van der Waals surface area contributed by atoms with Gasteiger partial charge in [0, 0.05) is 19.5 Å². The first-order chi connectivity index (χ1) is 13.5. The van der Waals surface area contributed by atoms with E-state index < -0.39 is 11.9 Å². The van der Waals surface area contributed by atoms with E-state index in [4.69, 9.17) is 14.6 Å². The number of benzene rings is 2. The minimum Gasteiger partial charge on any atom is -0.493 e. The Bertz CT molecular complexity index is 852. The summed E-state index contributed by atoms with van der Waals surface area (Å²) in [6, 6.07) is 11.6. The second-order valence-corrected chi connectivity index (χ2v) is 6.73. The van der Waals surface area contributed by atoms with E-state index in [0.717, 1.165) is 11.1 Å². The molecule has 1 amide bonds. The summed E-state index contributed by atoms with van der Waals surface area (Å²) in [4.78, 5) is 24.6. The lowest BCUT2D eigenvalue weighted by atomic mass is 10.1. The normalized spacial score (nSPS) is 16.3. The Labute approximate surface area is 162 Å². The summed E-state index contributed by atoms with van der Waals surface area (Å²) in [7, 11) is 1.55. The fraction of sp³-hybridized carbons (Fsp3) is 0.333. The summed E-state index contributed by atoms with van der Waals surface area (Å²) in [5.74, 6) is -0.858. The van der Waals surface area contributed by atoms with Crippen LogP contribution in [0.1, 0.15) is 17.5 Å². The van der Waals surface area contributed by atoms with Crippen molar-refractivity contribution in [2.75, 3.05) is 20.2 Å². The number of aliphatic carboxylic acids is 1. The van der Waals surface area contributed by atoms with Crippen LogP contribution in [0.25, 0.3) is 0 Å². The van der Waals surface area contributed by atoms with Gasteiger partial charge in [-0.15, -0.1) is 0 Å². The molecule has 1 atom stereocenters. The molecule has 1 fully saturated rings. The summed E-state index contributed by atoms with van der Waals surface area (Å²) >= 11 is 0. The zero-order chi connectivity index (χ0) is 20.1. The van der Waals surface area contributed by atoms with E-state index in [1.807, 2.05) is 12.1 Å². The van der Waals surface area contributed by atoms with Crippen LogP contribution in [-0.4, -0.2) is 42.1 Å². The van der Waals surface area contributed by atoms with E-state index in [1.54, 1.807) is 30.2 Å². The fourth-order valence-corrected chi connectivity index (χ4v) is 3.15. The minimum absolute atomic E-state index is 0.0595. The maximum atomic E-state index is 13.0. The SMILES string of the molecule is COc1ccc(CCN2CC(C(=O)O)CC2=O)cc1OCc1ccc(F)cc1. The maximum absolute atomic E-state index is 13.0. The van der Waals surface area contributed by atoms with Crippen molar-refractivity contribution in [3.63, 3.8) is 0 Å². The molecular formula is C21H22FNO5. The summed E-state index contributed by atoms with van der Waals surface area (Å²) in [6.45, 7) is 0.968. The van der Waals surface area contributed by atoms with Crippen molar-refractivity contribution in [2.45, 2.75) is 19.4 Å². The first-order valence-electron chi connectivity index (χ1n) is 9.01. The van der Waals surface area contributed by atoms with Crippen molar-refractivity contribution in [1.29, 1.82) is 0 Å². The summed E-state index contributed by atoms with van der Waals surface area (Å²) < 4.78 is 24.2. The highest BCUT2D eigenvalue weighted by Crippen LogP contribution is 2.29. The predicted molar refractivity (Wildman–Crippen MR) is 99.8 cm³/mol. The molecule has 3 rings (SSSR count). The van der Waals surface area contributed by atoms with Gasteiger partial charge in [0.25, 0.3) is 0 Å². The molecule has 1 aliphatic rings. The number of carboxylic acid groups (broad SMARTS) is 1. The van der Waals surface area contributed by atoms with E-state index in [0.29, 0.717) is 24.5 Å². The number of ether oxygens (including phenoxy) is 2. The van der Waals surface area contributed by atoms with Crippen LogP contribution in [0.15, 0.2) is 42.5 Å². The van der Waals surface area contributed by atoms with Gasteiger partial charge in [0.05, 0.1) is 13.0 Å². The van der Waals surface area contributed by atoms with Gasteiger partial charge in [0.1, 0.15) is 12.4 Å². The van der Waals surface area contributed by atoms with Crippen LogP contribution in [-0.2, 0) is 22.6 Å². The molecule has 0 aromatic heterocycles. The van der Waals surface area contributed by atoms with E-state index in [9.17, 15) is 14.0 Å². The third kappa shape index (κ3) is 4.79. The van der Waals surface area contributed by atoms with Crippen LogP contribution in [0.5, 0.6) is 11.5 Å². The number of amides is 1. The predicted octanol–water partition coefficient (Wildman–Crippen LogP) is 2.89. The summed E-state index contributed by atoms with van der Waals surface area (Å²) in [5.41, 5.74) is 1.78. The number of nitrogens with zero attached hydrogens (tertiary/aromatic N) is 1. The number of methoxy groups -OCH3 is 1. The quantitative estimate of drug-likeness (QED) is 0.754. The molecule has 2 aromatic rings. The van der Waals surface area contributed by atoms with E-state index >= 15 is 0 Å². The molecule has 0 spiro atoms. The fourth-order valence-electron chi connectivity index (χ4n) is 3.15. The molecule has 1 saturated heterocycles. The Morgan fingerprint density at radius 3 is 2.54 bits per heavy atom. The van der Waals surface area contributed by atoms with Crippen LogP contribution in [0.3, 0.4) is 0 Å². The first kappa shape index (κ1) is 19.7. The van der Waals surface area contributed by atoms with Gasteiger partial charge < -0.3 is 19.5 Å². The Kier molecular flexibility index (Phi) is 6.13. The van der Waals surface area contributed by atoms with Crippen LogP contribution in [0, 0.1) is 11.7 Å². The van der Waals surface area contributed by atoms with Crippen LogP contribution >= 0.6 is 0 Å². The largest absolute Gasteiger partial charge is 0.493 e. The number of rotatable bonds is 8. The topological polar surface area (TPSA) is 76.1 Å². The smallest absolute Gasteiger partial charge is 0.308 e. The third-order valence-corrected chi connectivity index (χ3v) is 4.77. The number of hydrogen-bond donors (Lipinski definition) is 1. The highest BCUT2D eigenvalue weighted by molar-refractivity contribution is 5.86. The molecule has 1 unspecified atom stereocenters. The van der Waals surface area contributed by atoms with Gasteiger partial charge in [-0.2, -0.15) is 0 Å². The monoisotopic (exact) mass is 387 g/mol. The molecule has 0 bridgehead atoms. The summed E-state index contributed by atoms with van der Waals surface area (Å²) in [5, 5.41) is 9.07. The highest BCUT2D eigenvalue weighted by atomic mass is 19.1. The average Bonchev–Trinajstić information content (AvgIpc) is 3.07. The Morgan fingerprint density at radius 2 is 1.89 bits per heavy atom. The van der Waals surface area contributed by atoms with Gasteiger partial charge in [-0.05, 0) is 41.8 Å². The van der Waals surface area contributed by atoms with Crippen molar-refractivity contribution >= 4 is 11.9 Å². The number of carbonyl (C=O) groups is 2. The van der Waals surface area contributed by atoms with Gasteiger partial charge in [0.15, 0.2) is 11.5 Å². The molecule has 6 nitrogen and oxygen atoms in total. The lowest BCUT2D eigenvalue weighted by Gasteiger charge is -2.17. The van der Waals surface area contributed by atoms with Crippen LogP contribution in [0.2, 0.25) is 0 Å². The van der Waals surface area contributed by atoms with Gasteiger partial charge >= 0.3 is 5.97 Å². The van der Waals surface area contributed by atoms with E-state index in [2.05, 4.69) is 0 Å². The zero-order valence-corrected chi connectivity index (χ0v) is 15.6. The Balaban J connectivity index is 1.62. The van der Waals surface area contributed by atoms with E-state index in [1.165, 1.54) is 12.1 Å². The number of hydrogen-bond acceptors (Lipinski definition) is 4. The Morgan fingerprint density at radius 1 is 1.18 bits per heavy atom. The summed E-state index contributed by atoms with van der Waals surface area (Å²) in [6.07, 6.45) is 0.638. The Hall–Kier alpha value is -3.09. The van der Waals surface area contributed by atoms with Crippen molar-refractivity contribution in [1.82, 2.24) is 4.90 Å².